The van der Waals surface area contributed by atoms with Gasteiger partial charge in [-0.2, -0.15) is 0 Å². The van der Waals surface area contributed by atoms with Gasteiger partial charge < -0.3 is 14.5 Å². The van der Waals surface area contributed by atoms with Gasteiger partial charge in [0.05, 0.1) is 23.8 Å². The summed E-state index contributed by atoms with van der Waals surface area (Å²) in [7, 11) is 0. The normalized spacial score (nSPS) is 12.0. The van der Waals surface area contributed by atoms with Gasteiger partial charge in [-0.15, -0.1) is 0 Å². The fraction of sp³-hybridized carbons (Fsp3) is 0.300. The molecule has 0 spiro atoms. The monoisotopic (exact) mass is 367 g/mol. The van der Waals surface area contributed by atoms with E-state index in [1.807, 2.05) is 19.9 Å². The zero-order chi connectivity index (χ0) is 19.4. The quantitative estimate of drug-likeness (QED) is 0.673. The summed E-state index contributed by atoms with van der Waals surface area (Å²) in [5.74, 6) is 0.249. The number of carbonyl (C=O) groups is 1. The Morgan fingerprint density at radius 3 is 2.81 bits per heavy atom. The second kappa shape index (κ2) is 7.99. The Labute approximate surface area is 156 Å². The smallest absolute Gasteiger partial charge is 0.336 e. The van der Waals surface area contributed by atoms with E-state index in [1.165, 1.54) is 6.07 Å². The van der Waals surface area contributed by atoms with E-state index in [-0.39, 0.29) is 12.5 Å². The lowest BCUT2D eigenvalue weighted by molar-refractivity contribution is -0.127. The van der Waals surface area contributed by atoms with E-state index in [0.717, 1.165) is 16.5 Å². The van der Waals surface area contributed by atoms with Gasteiger partial charge in [-0.05, 0) is 43.5 Å². The van der Waals surface area contributed by atoms with Crippen LogP contribution in [-0.2, 0) is 17.8 Å². The Morgan fingerprint density at radius 1 is 1.30 bits per heavy atom. The van der Waals surface area contributed by atoms with Gasteiger partial charge in [-0.3, -0.25) is 14.8 Å². The molecule has 3 aromatic rings. The highest BCUT2D eigenvalue weighted by Crippen LogP contribution is 2.30. The minimum absolute atomic E-state index is 0.268. The van der Waals surface area contributed by atoms with Crippen molar-refractivity contribution in [3.8, 4) is 5.75 Å². The summed E-state index contributed by atoms with van der Waals surface area (Å²) >= 11 is 0. The number of rotatable bonds is 6. The number of aryl methyl sites for hydroxylation is 2. The number of nitrogens with one attached hydrogen (secondary N) is 1. The van der Waals surface area contributed by atoms with Crippen molar-refractivity contribution in [1.82, 2.24) is 15.3 Å². The van der Waals surface area contributed by atoms with E-state index in [1.54, 1.807) is 31.6 Å². The van der Waals surface area contributed by atoms with Crippen LogP contribution < -0.4 is 15.7 Å². The van der Waals surface area contributed by atoms with Gasteiger partial charge in [0.15, 0.2) is 6.10 Å². The second-order valence-corrected chi connectivity index (χ2v) is 6.26. The molecule has 0 saturated heterocycles. The molecule has 0 aliphatic rings. The molecule has 7 nitrogen and oxygen atoms in total. The first kappa shape index (κ1) is 18.6. The van der Waals surface area contributed by atoms with Crippen LogP contribution in [0.5, 0.6) is 5.75 Å². The zero-order valence-electron chi connectivity index (χ0n) is 15.5. The summed E-state index contributed by atoms with van der Waals surface area (Å²) in [5, 5.41) is 3.50. The topological polar surface area (TPSA) is 94.3 Å². The highest BCUT2D eigenvalue weighted by atomic mass is 16.5. The van der Waals surface area contributed by atoms with Crippen molar-refractivity contribution in [2.45, 2.75) is 39.8 Å². The third-order valence-electron chi connectivity index (χ3n) is 4.15. The molecule has 1 atom stereocenters. The fourth-order valence-electron chi connectivity index (χ4n) is 2.83. The number of aromatic nitrogens is 2. The van der Waals surface area contributed by atoms with Crippen molar-refractivity contribution in [2.24, 2.45) is 0 Å². The van der Waals surface area contributed by atoms with Crippen molar-refractivity contribution in [1.29, 1.82) is 0 Å². The van der Waals surface area contributed by atoms with E-state index < -0.39 is 11.7 Å². The summed E-state index contributed by atoms with van der Waals surface area (Å²) < 4.78 is 11.3. The first-order chi connectivity index (χ1) is 13.0. The molecule has 0 saturated carbocycles. The number of amides is 1. The number of ether oxygens (including phenoxy) is 1. The van der Waals surface area contributed by atoms with Crippen LogP contribution in [0.15, 0.2) is 46.0 Å². The molecule has 2 aromatic heterocycles. The van der Waals surface area contributed by atoms with Crippen LogP contribution in [0, 0.1) is 6.92 Å². The molecule has 2 heterocycles. The lowest BCUT2D eigenvalue weighted by atomic mass is 10.0. The molecule has 0 aliphatic carbocycles. The molecule has 0 radical (unpaired) electrons. The molecule has 3 rings (SSSR count). The van der Waals surface area contributed by atoms with Crippen LogP contribution in [0.4, 0.5) is 0 Å². The third kappa shape index (κ3) is 4.31. The molecule has 7 heteroatoms. The molecule has 0 bridgehead atoms. The number of benzene rings is 1. The minimum Gasteiger partial charge on any atom is -0.480 e. The minimum atomic E-state index is -0.733. The predicted octanol–water partition coefficient (Wildman–Crippen LogP) is 2.54. The van der Waals surface area contributed by atoms with Crippen LogP contribution in [0.3, 0.4) is 0 Å². The van der Waals surface area contributed by atoms with E-state index >= 15 is 0 Å². The average molecular weight is 367 g/mol. The number of fused-ring (bicyclic) bond motifs is 1. The maximum absolute atomic E-state index is 12.4. The maximum atomic E-state index is 12.4. The number of hydrogen-bond acceptors (Lipinski definition) is 6. The largest absolute Gasteiger partial charge is 0.480 e. The van der Waals surface area contributed by atoms with E-state index in [2.05, 4.69) is 15.3 Å². The molecular formula is C20H21N3O4. The first-order valence-electron chi connectivity index (χ1n) is 8.74. The Bertz CT molecular complexity index is 1010. The highest BCUT2D eigenvalue weighted by molar-refractivity contribution is 5.88. The maximum Gasteiger partial charge on any atom is 0.336 e. The van der Waals surface area contributed by atoms with Crippen LogP contribution in [0.1, 0.15) is 30.7 Å². The van der Waals surface area contributed by atoms with Crippen molar-refractivity contribution >= 4 is 16.9 Å². The van der Waals surface area contributed by atoms with Crippen molar-refractivity contribution < 1.29 is 13.9 Å². The van der Waals surface area contributed by atoms with Gasteiger partial charge in [0, 0.05) is 18.5 Å². The summed E-state index contributed by atoms with van der Waals surface area (Å²) in [4.78, 5) is 32.2. The van der Waals surface area contributed by atoms with Crippen LogP contribution in [0.2, 0.25) is 0 Å². The molecule has 0 fully saturated rings. The van der Waals surface area contributed by atoms with Gasteiger partial charge in [0.2, 0.25) is 0 Å². The van der Waals surface area contributed by atoms with E-state index in [4.69, 9.17) is 9.15 Å². The third-order valence-corrected chi connectivity index (χ3v) is 4.15. The number of carbonyl (C=O) groups excluding carboxylic acids is 1. The molecule has 1 amide bonds. The zero-order valence-corrected chi connectivity index (χ0v) is 15.5. The van der Waals surface area contributed by atoms with Crippen LogP contribution in [-0.4, -0.2) is 22.0 Å². The van der Waals surface area contributed by atoms with Gasteiger partial charge in [0.25, 0.3) is 5.91 Å². The molecule has 1 N–H and O–H groups in total. The second-order valence-electron chi connectivity index (χ2n) is 6.26. The molecule has 140 valence electrons. The van der Waals surface area contributed by atoms with Crippen molar-refractivity contribution in [2.75, 3.05) is 0 Å². The first-order valence-corrected chi connectivity index (χ1v) is 8.74. The molecule has 27 heavy (non-hydrogen) atoms. The van der Waals surface area contributed by atoms with Crippen molar-refractivity contribution in [3.05, 3.63) is 64.0 Å². The Kier molecular flexibility index (Phi) is 5.49. The highest BCUT2D eigenvalue weighted by Gasteiger charge is 2.18. The number of hydrogen-bond donors (Lipinski definition) is 1. The Hall–Kier alpha value is -3.22. The Morgan fingerprint density at radius 2 is 2.11 bits per heavy atom. The fourth-order valence-corrected chi connectivity index (χ4v) is 2.83. The van der Waals surface area contributed by atoms with Crippen LogP contribution in [0.25, 0.3) is 11.0 Å². The summed E-state index contributed by atoms with van der Waals surface area (Å²) in [5.41, 5.74) is 2.42. The van der Waals surface area contributed by atoms with Crippen LogP contribution >= 0.6 is 0 Å². The Balaban J connectivity index is 1.82. The van der Waals surface area contributed by atoms with Gasteiger partial charge >= 0.3 is 5.63 Å². The van der Waals surface area contributed by atoms with Gasteiger partial charge in [-0.1, -0.05) is 6.92 Å². The SMILES string of the molecule is CCc1cc(=O)oc2cc(C)cc(OC(C)C(=O)NCc3cnccn3)c12. The standard InChI is InChI=1S/C20H21N3O4/c1-4-14-9-18(24)27-17-8-12(2)7-16(19(14)17)26-13(3)20(25)23-11-15-10-21-5-6-22-15/h5-10,13H,4,11H2,1-3H3,(H,23,25). The summed E-state index contributed by atoms with van der Waals surface area (Å²) in [6.45, 7) is 5.77. The molecular weight excluding hydrogens is 346 g/mol. The summed E-state index contributed by atoms with van der Waals surface area (Å²) in [6.07, 6.45) is 4.65. The van der Waals surface area contributed by atoms with Gasteiger partial charge in [0.1, 0.15) is 11.3 Å². The molecule has 1 aromatic carbocycles. The molecule has 1 unspecified atom stereocenters. The average Bonchev–Trinajstić information content (AvgIpc) is 2.65. The van der Waals surface area contributed by atoms with Crippen molar-refractivity contribution in [3.63, 3.8) is 0 Å². The van der Waals surface area contributed by atoms with Gasteiger partial charge in [-0.25, -0.2) is 4.79 Å². The van der Waals surface area contributed by atoms with E-state index in [9.17, 15) is 9.59 Å². The lowest BCUT2D eigenvalue weighted by Crippen LogP contribution is -2.36. The molecule has 0 aliphatic heterocycles. The summed E-state index contributed by atoms with van der Waals surface area (Å²) in [6, 6.07) is 5.10. The lowest BCUT2D eigenvalue weighted by Gasteiger charge is -2.17. The van der Waals surface area contributed by atoms with E-state index in [0.29, 0.717) is 23.4 Å². The number of nitrogens with zero attached hydrogens (tertiary/aromatic N) is 2. The predicted molar refractivity (Wildman–Crippen MR) is 101 cm³/mol.